The van der Waals surface area contributed by atoms with Gasteiger partial charge < -0.3 is 15.3 Å². The van der Waals surface area contributed by atoms with E-state index in [1.807, 2.05) is 0 Å². The highest BCUT2D eigenvalue weighted by Gasteiger charge is 2.18. The first-order valence-electron chi connectivity index (χ1n) is 3.10. The molecule has 5 N–H and O–H groups in total. The Bertz CT molecular complexity index is 439. The van der Waals surface area contributed by atoms with E-state index in [9.17, 15) is 8.42 Å². The van der Waals surface area contributed by atoms with Crippen LogP contribution in [0.1, 0.15) is 0 Å². The van der Waals surface area contributed by atoms with Crippen LogP contribution in [-0.4, -0.2) is 23.7 Å². The van der Waals surface area contributed by atoms with Crippen molar-refractivity contribution in [2.24, 2.45) is 5.14 Å². The van der Waals surface area contributed by atoms with Gasteiger partial charge in [0.05, 0.1) is 0 Å². The van der Waals surface area contributed by atoms with E-state index in [-0.39, 0.29) is 0 Å². The van der Waals surface area contributed by atoms with Crippen molar-refractivity contribution in [3.8, 4) is 17.2 Å². The van der Waals surface area contributed by atoms with Gasteiger partial charge in [0.2, 0.25) is 15.8 Å². The normalized spacial score (nSPS) is 11.5. The maximum absolute atomic E-state index is 10.7. The first-order valence-corrected chi connectivity index (χ1v) is 4.65. The zero-order chi connectivity index (χ0) is 10.2. The minimum Gasteiger partial charge on any atom is -0.504 e. The maximum atomic E-state index is 10.7. The molecule has 0 saturated heterocycles. The Morgan fingerprint density at radius 2 is 1.62 bits per heavy atom. The summed E-state index contributed by atoms with van der Waals surface area (Å²) in [6.45, 7) is 0. The van der Waals surface area contributed by atoms with E-state index in [2.05, 4.69) is 0 Å². The molecule has 1 rings (SSSR count). The minimum absolute atomic E-state index is 0.620. The Kier molecular flexibility index (Phi) is 2.06. The van der Waals surface area contributed by atoms with Crippen LogP contribution in [0.3, 0.4) is 0 Å². The molecular formula is C6H7NO5S. The van der Waals surface area contributed by atoms with Gasteiger partial charge in [-0.2, -0.15) is 0 Å². The number of aromatic hydroxyl groups is 3. The molecule has 0 atom stereocenters. The fourth-order valence-electron chi connectivity index (χ4n) is 0.780. The third-order valence-corrected chi connectivity index (χ3v) is 2.34. The van der Waals surface area contributed by atoms with Crippen LogP contribution in [0, 0.1) is 0 Å². The molecule has 13 heavy (non-hydrogen) atoms. The highest BCUT2D eigenvalue weighted by atomic mass is 32.2. The summed E-state index contributed by atoms with van der Waals surface area (Å²) >= 11 is 0. The van der Waals surface area contributed by atoms with Crippen molar-refractivity contribution in [1.29, 1.82) is 0 Å². The van der Waals surface area contributed by atoms with Crippen molar-refractivity contribution in [3.05, 3.63) is 12.1 Å². The van der Waals surface area contributed by atoms with Crippen molar-refractivity contribution in [2.75, 3.05) is 0 Å². The molecule has 1 aromatic carbocycles. The highest BCUT2D eigenvalue weighted by molar-refractivity contribution is 7.89. The monoisotopic (exact) mass is 205 g/mol. The van der Waals surface area contributed by atoms with E-state index < -0.39 is 32.2 Å². The van der Waals surface area contributed by atoms with Gasteiger partial charge in [-0.05, 0) is 12.1 Å². The predicted octanol–water partition coefficient (Wildman–Crippen LogP) is -0.549. The van der Waals surface area contributed by atoms with Crippen LogP contribution in [0.25, 0.3) is 0 Å². The summed E-state index contributed by atoms with van der Waals surface area (Å²) in [6.07, 6.45) is 0. The molecule has 0 aliphatic heterocycles. The Hall–Kier alpha value is -1.47. The lowest BCUT2D eigenvalue weighted by Crippen LogP contribution is -2.12. The molecule has 6 nitrogen and oxygen atoms in total. The Morgan fingerprint density at radius 3 is 2.08 bits per heavy atom. The second-order valence-electron chi connectivity index (χ2n) is 2.33. The van der Waals surface area contributed by atoms with E-state index in [1.54, 1.807) is 0 Å². The lowest BCUT2D eigenvalue weighted by Gasteiger charge is -2.04. The van der Waals surface area contributed by atoms with E-state index in [4.69, 9.17) is 20.5 Å². The molecule has 0 heterocycles. The summed E-state index contributed by atoms with van der Waals surface area (Å²) in [6, 6.07) is 1.80. The molecule has 0 aliphatic rings. The molecule has 0 fully saturated rings. The van der Waals surface area contributed by atoms with Gasteiger partial charge >= 0.3 is 0 Å². The third kappa shape index (κ3) is 1.65. The molecule has 0 saturated carbocycles. The molecule has 7 heteroatoms. The van der Waals surface area contributed by atoms with Gasteiger partial charge in [-0.15, -0.1) is 0 Å². The zero-order valence-corrected chi connectivity index (χ0v) is 7.11. The van der Waals surface area contributed by atoms with Crippen molar-refractivity contribution in [3.63, 3.8) is 0 Å². The molecule has 0 spiro atoms. The van der Waals surface area contributed by atoms with Crippen LogP contribution >= 0.6 is 0 Å². The first-order chi connectivity index (χ1) is 5.84. The average Bonchev–Trinajstić information content (AvgIpc) is 1.98. The van der Waals surface area contributed by atoms with Crippen molar-refractivity contribution in [1.82, 2.24) is 0 Å². The fraction of sp³-hybridized carbons (Fsp3) is 0. The number of nitrogens with two attached hydrogens (primary N) is 1. The number of primary sulfonamides is 1. The summed E-state index contributed by atoms with van der Waals surface area (Å²) in [5, 5.41) is 31.5. The van der Waals surface area contributed by atoms with Crippen LogP contribution in [0.4, 0.5) is 0 Å². The van der Waals surface area contributed by atoms with Gasteiger partial charge in [0.1, 0.15) is 4.90 Å². The summed E-state index contributed by atoms with van der Waals surface area (Å²) in [7, 11) is -4.09. The van der Waals surface area contributed by atoms with Crippen LogP contribution in [0.2, 0.25) is 0 Å². The average molecular weight is 205 g/mol. The van der Waals surface area contributed by atoms with Gasteiger partial charge in [-0.25, -0.2) is 13.6 Å². The standard InChI is InChI=1S/C6H7NO5S/c7-13(11,12)4-2-1-3(8)5(9)6(4)10/h1-2,8-10H,(H2,7,11,12). The molecule has 0 unspecified atom stereocenters. The summed E-state index contributed by atoms with van der Waals surface area (Å²) in [5.41, 5.74) is 0. The number of phenolic OH excluding ortho intramolecular Hbond substituents is 3. The maximum Gasteiger partial charge on any atom is 0.241 e. The number of hydrogen-bond acceptors (Lipinski definition) is 5. The molecule has 72 valence electrons. The predicted molar refractivity (Wildman–Crippen MR) is 42.8 cm³/mol. The number of phenols is 3. The van der Waals surface area contributed by atoms with Crippen molar-refractivity contribution >= 4 is 10.0 Å². The number of benzene rings is 1. The smallest absolute Gasteiger partial charge is 0.241 e. The Morgan fingerprint density at radius 1 is 1.08 bits per heavy atom. The van der Waals surface area contributed by atoms with Crippen molar-refractivity contribution in [2.45, 2.75) is 4.90 Å². The number of rotatable bonds is 1. The van der Waals surface area contributed by atoms with Gasteiger partial charge in [-0.3, -0.25) is 0 Å². The highest BCUT2D eigenvalue weighted by Crippen LogP contribution is 2.38. The largest absolute Gasteiger partial charge is 0.504 e. The summed E-state index contributed by atoms with van der Waals surface area (Å²) in [4.78, 5) is -0.636. The lowest BCUT2D eigenvalue weighted by molar-refractivity contribution is 0.361. The van der Waals surface area contributed by atoms with E-state index >= 15 is 0 Å². The molecule has 0 bridgehead atoms. The topological polar surface area (TPSA) is 121 Å². The second-order valence-corrected chi connectivity index (χ2v) is 3.85. The molecule has 0 amide bonds. The van der Waals surface area contributed by atoms with Crippen molar-refractivity contribution < 1.29 is 23.7 Å². The van der Waals surface area contributed by atoms with Crippen LogP contribution < -0.4 is 5.14 Å². The Balaban J connectivity index is 3.53. The quantitative estimate of drug-likeness (QED) is 0.458. The second kappa shape index (κ2) is 2.79. The number of hydrogen-bond donors (Lipinski definition) is 4. The number of sulfonamides is 1. The molecular weight excluding hydrogens is 198 g/mol. The van der Waals surface area contributed by atoms with Gasteiger partial charge in [0.15, 0.2) is 11.5 Å². The summed E-state index contributed by atoms with van der Waals surface area (Å²) in [5.74, 6) is -2.49. The van der Waals surface area contributed by atoms with E-state index in [0.717, 1.165) is 12.1 Å². The zero-order valence-electron chi connectivity index (χ0n) is 6.30. The third-order valence-electron chi connectivity index (χ3n) is 1.40. The Labute approximate surface area is 73.9 Å². The first kappa shape index (κ1) is 9.62. The molecule has 0 aromatic heterocycles. The molecule has 0 radical (unpaired) electrons. The van der Waals surface area contributed by atoms with Crippen LogP contribution in [-0.2, 0) is 10.0 Å². The fourth-order valence-corrected chi connectivity index (χ4v) is 1.40. The van der Waals surface area contributed by atoms with Gasteiger partial charge in [0.25, 0.3) is 0 Å². The van der Waals surface area contributed by atoms with Crippen LogP contribution in [0.15, 0.2) is 17.0 Å². The van der Waals surface area contributed by atoms with Gasteiger partial charge in [-0.1, -0.05) is 0 Å². The lowest BCUT2D eigenvalue weighted by atomic mass is 10.3. The van der Waals surface area contributed by atoms with Crippen LogP contribution in [0.5, 0.6) is 17.2 Å². The summed E-state index contributed by atoms with van der Waals surface area (Å²) < 4.78 is 21.5. The SMILES string of the molecule is NS(=O)(=O)c1ccc(O)c(O)c1O. The van der Waals surface area contributed by atoms with E-state index in [0.29, 0.717) is 0 Å². The van der Waals surface area contributed by atoms with E-state index in [1.165, 1.54) is 0 Å². The molecule has 1 aromatic rings. The molecule has 0 aliphatic carbocycles. The minimum atomic E-state index is -4.09. The van der Waals surface area contributed by atoms with Gasteiger partial charge in [0, 0.05) is 0 Å².